The molecule has 1 fully saturated rings. The van der Waals surface area contributed by atoms with Gasteiger partial charge < -0.3 is 19.9 Å². The summed E-state index contributed by atoms with van der Waals surface area (Å²) in [6.45, 7) is 5.79. The number of ether oxygens (including phenoxy) is 1. The highest BCUT2D eigenvalue weighted by Crippen LogP contribution is 2.31. The molecule has 0 bridgehead atoms. The molecule has 3 rings (SSSR count). The van der Waals surface area contributed by atoms with Crippen LogP contribution in [-0.4, -0.2) is 56.1 Å². The van der Waals surface area contributed by atoms with Crippen LogP contribution in [-0.2, 0) is 0 Å². The second-order valence-corrected chi connectivity index (χ2v) is 6.86. The van der Waals surface area contributed by atoms with Gasteiger partial charge in [-0.05, 0) is 37.7 Å². The van der Waals surface area contributed by atoms with Crippen molar-refractivity contribution >= 4 is 29.0 Å². The minimum absolute atomic E-state index is 0.234. The molecule has 0 unspecified atom stereocenters. The number of nitrogens with one attached hydrogen (secondary N) is 1. The molecule has 1 N–H and O–H groups in total. The van der Waals surface area contributed by atoms with Crippen molar-refractivity contribution in [2.75, 3.05) is 50.6 Å². The zero-order valence-electron chi connectivity index (χ0n) is 15.3. The van der Waals surface area contributed by atoms with Crippen molar-refractivity contribution in [1.82, 2.24) is 9.88 Å². The van der Waals surface area contributed by atoms with E-state index in [1.165, 1.54) is 0 Å². The molecular weight excluding hydrogens is 352 g/mol. The maximum Gasteiger partial charge on any atom is 0.257 e. The lowest BCUT2D eigenvalue weighted by Gasteiger charge is -2.33. The Balaban J connectivity index is 1.72. The Morgan fingerprint density at radius 1 is 1.23 bits per heavy atom. The van der Waals surface area contributed by atoms with Gasteiger partial charge in [0.25, 0.3) is 5.91 Å². The summed E-state index contributed by atoms with van der Waals surface area (Å²) < 4.78 is 5.30. The predicted octanol–water partition coefficient (Wildman–Crippen LogP) is 3.06. The summed E-state index contributed by atoms with van der Waals surface area (Å²) in [7, 11) is 3.66. The van der Waals surface area contributed by atoms with E-state index in [0.717, 1.165) is 37.6 Å². The van der Waals surface area contributed by atoms with Gasteiger partial charge in [-0.25, -0.2) is 4.98 Å². The topological polar surface area (TPSA) is 57.7 Å². The Kier molecular flexibility index (Phi) is 5.64. The van der Waals surface area contributed by atoms with Crippen LogP contribution in [0.5, 0.6) is 5.75 Å². The van der Waals surface area contributed by atoms with E-state index in [9.17, 15) is 4.79 Å². The van der Waals surface area contributed by atoms with E-state index >= 15 is 0 Å². The summed E-state index contributed by atoms with van der Waals surface area (Å²) in [5, 5.41) is 3.46. The maximum absolute atomic E-state index is 12.5. The summed E-state index contributed by atoms with van der Waals surface area (Å²) in [5.74, 6) is 1.19. The molecule has 6 nitrogen and oxygen atoms in total. The van der Waals surface area contributed by atoms with Crippen LogP contribution in [0.15, 0.2) is 30.5 Å². The summed E-state index contributed by atoms with van der Waals surface area (Å²) in [5.41, 5.74) is 1.95. The Hall–Kier alpha value is -2.31. The van der Waals surface area contributed by atoms with Gasteiger partial charge in [0.1, 0.15) is 11.6 Å². The number of aryl methyl sites for hydroxylation is 1. The van der Waals surface area contributed by atoms with Gasteiger partial charge in [-0.1, -0.05) is 11.6 Å². The second kappa shape index (κ2) is 7.93. The lowest BCUT2D eigenvalue weighted by molar-refractivity contribution is 0.102. The number of benzene rings is 1. The number of methoxy groups -OCH3 is 1. The third-order valence-electron chi connectivity index (χ3n) is 4.57. The van der Waals surface area contributed by atoms with Crippen LogP contribution < -0.4 is 15.0 Å². The number of carbonyl (C=O) groups is 1. The molecule has 1 aromatic heterocycles. The van der Waals surface area contributed by atoms with E-state index in [4.69, 9.17) is 16.3 Å². The first-order chi connectivity index (χ1) is 12.5. The standard InChI is InChI=1S/C19H23ClN4O2/c1-13-10-16(17(26-3)11-15(13)20)22-19(25)14-4-5-18(21-12-14)24-8-6-23(2)7-9-24/h4-5,10-12H,6-9H2,1-3H3,(H,22,25). The number of halogens is 1. The quantitative estimate of drug-likeness (QED) is 0.891. The summed E-state index contributed by atoms with van der Waals surface area (Å²) >= 11 is 6.11. The zero-order valence-corrected chi connectivity index (χ0v) is 16.0. The van der Waals surface area contributed by atoms with Crippen LogP contribution in [0.3, 0.4) is 0 Å². The number of pyridine rings is 1. The average molecular weight is 375 g/mol. The van der Waals surface area contributed by atoms with Gasteiger partial charge in [-0.3, -0.25) is 4.79 Å². The van der Waals surface area contributed by atoms with Crippen LogP contribution in [0, 0.1) is 6.92 Å². The first kappa shape index (κ1) is 18.5. The number of aromatic nitrogens is 1. The van der Waals surface area contributed by atoms with Gasteiger partial charge in [0.15, 0.2) is 0 Å². The monoisotopic (exact) mass is 374 g/mol. The molecule has 26 heavy (non-hydrogen) atoms. The number of nitrogens with zero attached hydrogens (tertiary/aromatic N) is 3. The van der Waals surface area contributed by atoms with E-state index in [1.807, 2.05) is 13.0 Å². The highest BCUT2D eigenvalue weighted by atomic mass is 35.5. The average Bonchev–Trinajstić information content (AvgIpc) is 2.65. The van der Waals surface area contributed by atoms with Crippen molar-refractivity contribution in [2.45, 2.75) is 6.92 Å². The number of piperazine rings is 1. The number of amides is 1. The Labute approximate surface area is 158 Å². The van der Waals surface area contributed by atoms with Crippen molar-refractivity contribution in [3.8, 4) is 5.75 Å². The van der Waals surface area contributed by atoms with Crippen LogP contribution in [0.1, 0.15) is 15.9 Å². The molecule has 0 saturated carbocycles. The number of carbonyl (C=O) groups excluding carboxylic acids is 1. The Morgan fingerprint density at radius 3 is 2.58 bits per heavy atom. The van der Waals surface area contributed by atoms with E-state index in [0.29, 0.717) is 22.0 Å². The third kappa shape index (κ3) is 4.08. The second-order valence-electron chi connectivity index (χ2n) is 6.45. The third-order valence-corrected chi connectivity index (χ3v) is 4.97. The predicted molar refractivity (Wildman–Crippen MR) is 105 cm³/mol. The lowest BCUT2D eigenvalue weighted by Crippen LogP contribution is -2.44. The largest absolute Gasteiger partial charge is 0.495 e. The van der Waals surface area contributed by atoms with Crippen molar-refractivity contribution < 1.29 is 9.53 Å². The molecule has 0 radical (unpaired) electrons. The van der Waals surface area contributed by atoms with Gasteiger partial charge in [0, 0.05) is 43.5 Å². The molecule has 1 amide bonds. The number of hydrogen-bond acceptors (Lipinski definition) is 5. The number of anilines is 2. The van der Waals surface area contributed by atoms with Gasteiger partial charge in [-0.2, -0.15) is 0 Å². The van der Waals surface area contributed by atoms with Crippen LogP contribution in [0.2, 0.25) is 5.02 Å². The SMILES string of the molecule is COc1cc(Cl)c(C)cc1NC(=O)c1ccc(N2CCN(C)CC2)nc1. The van der Waals surface area contributed by atoms with Gasteiger partial charge >= 0.3 is 0 Å². The van der Waals surface area contributed by atoms with Gasteiger partial charge in [-0.15, -0.1) is 0 Å². The molecule has 7 heteroatoms. The first-order valence-electron chi connectivity index (χ1n) is 8.53. The van der Waals surface area contributed by atoms with E-state index in [1.54, 1.807) is 31.5 Å². The van der Waals surface area contributed by atoms with Crippen molar-refractivity contribution in [3.63, 3.8) is 0 Å². The maximum atomic E-state index is 12.5. The van der Waals surface area contributed by atoms with Crippen molar-refractivity contribution in [1.29, 1.82) is 0 Å². The molecule has 138 valence electrons. The van der Waals surface area contributed by atoms with Crippen LogP contribution in [0.25, 0.3) is 0 Å². The lowest BCUT2D eigenvalue weighted by atomic mass is 10.2. The van der Waals surface area contributed by atoms with Crippen LogP contribution in [0.4, 0.5) is 11.5 Å². The minimum Gasteiger partial charge on any atom is -0.495 e. The number of hydrogen-bond donors (Lipinski definition) is 1. The highest BCUT2D eigenvalue weighted by Gasteiger charge is 2.16. The van der Waals surface area contributed by atoms with Gasteiger partial charge in [0.2, 0.25) is 0 Å². The fraction of sp³-hybridized carbons (Fsp3) is 0.368. The first-order valence-corrected chi connectivity index (χ1v) is 8.91. The summed E-state index contributed by atoms with van der Waals surface area (Å²) in [6, 6.07) is 7.18. The molecule has 0 aliphatic carbocycles. The van der Waals surface area contributed by atoms with Crippen molar-refractivity contribution in [2.24, 2.45) is 0 Å². The normalized spacial score (nSPS) is 15.0. The Bertz CT molecular complexity index is 787. The fourth-order valence-corrected chi connectivity index (χ4v) is 3.02. The fourth-order valence-electron chi connectivity index (χ4n) is 2.87. The molecule has 2 aromatic rings. The van der Waals surface area contributed by atoms with E-state index < -0.39 is 0 Å². The smallest absolute Gasteiger partial charge is 0.257 e. The molecule has 2 heterocycles. The minimum atomic E-state index is -0.234. The molecule has 0 atom stereocenters. The Morgan fingerprint density at radius 2 is 1.96 bits per heavy atom. The molecule has 1 aliphatic heterocycles. The summed E-state index contributed by atoms with van der Waals surface area (Å²) in [4.78, 5) is 21.5. The highest BCUT2D eigenvalue weighted by molar-refractivity contribution is 6.31. The molecule has 1 aromatic carbocycles. The van der Waals surface area contributed by atoms with E-state index in [2.05, 4.69) is 27.1 Å². The van der Waals surface area contributed by atoms with Crippen LogP contribution >= 0.6 is 11.6 Å². The molecule has 1 saturated heterocycles. The van der Waals surface area contributed by atoms with Crippen molar-refractivity contribution in [3.05, 3.63) is 46.6 Å². The molecule has 0 spiro atoms. The molecular formula is C19H23ClN4O2. The zero-order chi connectivity index (χ0) is 18.7. The van der Waals surface area contributed by atoms with E-state index in [-0.39, 0.29) is 5.91 Å². The number of likely N-dealkylation sites (N-methyl/N-ethyl adjacent to an activating group) is 1. The number of rotatable bonds is 4. The summed E-state index contributed by atoms with van der Waals surface area (Å²) in [6.07, 6.45) is 1.61. The van der Waals surface area contributed by atoms with Gasteiger partial charge in [0.05, 0.1) is 18.4 Å². The molecule has 1 aliphatic rings.